The maximum Gasteiger partial charge on any atom is 0.243 e. The van der Waals surface area contributed by atoms with Crippen LogP contribution in [0.25, 0.3) is 0 Å². The highest BCUT2D eigenvalue weighted by Crippen LogP contribution is 2.20. The molecule has 0 spiro atoms. The van der Waals surface area contributed by atoms with E-state index >= 15 is 0 Å². The SMILES string of the molecule is CCC(C)NC(=O)C(CC)N(Cc1ccc(OC)cc1)C(=O)CCCN(c1ccccc1)S(C)(=O)=O. The van der Waals surface area contributed by atoms with Gasteiger partial charge in [-0.3, -0.25) is 13.9 Å². The van der Waals surface area contributed by atoms with Crippen molar-refractivity contribution in [3.8, 4) is 5.75 Å². The van der Waals surface area contributed by atoms with Crippen molar-refractivity contribution in [2.75, 3.05) is 24.2 Å². The van der Waals surface area contributed by atoms with E-state index < -0.39 is 16.1 Å². The van der Waals surface area contributed by atoms with Crippen LogP contribution in [0.4, 0.5) is 5.69 Å². The number of hydrogen-bond acceptors (Lipinski definition) is 5. The number of carbonyl (C=O) groups excluding carboxylic acids is 2. The average Bonchev–Trinajstić information content (AvgIpc) is 2.86. The number of benzene rings is 2. The van der Waals surface area contributed by atoms with Crippen molar-refractivity contribution in [3.05, 3.63) is 60.2 Å². The predicted molar refractivity (Wildman–Crippen MR) is 143 cm³/mol. The van der Waals surface area contributed by atoms with Crippen LogP contribution in [-0.2, 0) is 26.2 Å². The first kappa shape index (κ1) is 29.2. The molecule has 0 radical (unpaired) electrons. The Balaban J connectivity index is 2.21. The van der Waals surface area contributed by atoms with Crippen LogP contribution in [0.1, 0.15) is 52.0 Å². The van der Waals surface area contributed by atoms with Crippen LogP contribution < -0.4 is 14.4 Å². The predicted octanol–water partition coefficient (Wildman–Crippen LogP) is 3.96. The first-order valence-electron chi connectivity index (χ1n) is 12.4. The first-order chi connectivity index (χ1) is 17.1. The molecule has 36 heavy (non-hydrogen) atoms. The van der Waals surface area contributed by atoms with E-state index in [0.717, 1.165) is 18.2 Å². The summed E-state index contributed by atoms with van der Waals surface area (Å²) in [6.07, 6.45) is 2.84. The number of hydrogen-bond donors (Lipinski definition) is 1. The van der Waals surface area contributed by atoms with Gasteiger partial charge >= 0.3 is 0 Å². The normalized spacial score (nSPS) is 12.9. The highest BCUT2D eigenvalue weighted by atomic mass is 32.2. The molecule has 9 heteroatoms. The second-order valence-electron chi connectivity index (χ2n) is 8.89. The lowest BCUT2D eigenvalue weighted by Gasteiger charge is -2.32. The number of nitrogens with zero attached hydrogens (tertiary/aromatic N) is 2. The number of carbonyl (C=O) groups is 2. The number of rotatable bonds is 14. The van der Waals surface area contributed by atoms with Crippen molar-refractivity contribution in [3.63, 3.8) is 0 Å². The van der Waals surface area contributed by atoms with Crippen LogP contribution in [0.3, 0.4) is 0 Å². The maximum absolute atomic E-state index is 13.5. The number of nitrogens with one attached hydrogen (secondary N) is 1. The van der Waals surface area contributed by atoms with Gasteiger partial charge in [0.05, 0.1) is 19.1 Å². The second-order valence-corrected chi connectivity index (χ2v) is 10.8. The summed E-state index contributed by atoms with van der Waals surface area (Å²) in [4.78, 5) is 28.1. The van der Waals surface area contributed by atoms with E-state index in [1.165, 1.54) is 4.31 Å². The lowest BCUT2D eigenvalue weighted by molar-refractivity contribution is -0.141. The van der Waals surface area contributed by atoms with Gasteiger partial charge in [-0.15, -0.1) is 0 Å². The summed E-state index contributed by atoms with van der Waals surface area (Å²) < 4.78 is 31.3. The van der Waals surface area contributed by atoms with Gasteiger partial charge in [0, 0.05) is 25.6 Å². The van der Waals surface area contributed by atoms with Gasteiger partial charge in [0.15, 0.2) is 0 Å². The molecule has 0 aliphatic carbocycles. The second kappa shape index (κ2) is 13.9. The molecule has 2 aromatic rings. The fourth-order valence-electron chi connectivity index (χ4n) is 3.89. The van der Waals surface area contributed by atoms with Gasteiger partial charge in [-0.05, 0) is 56.0 Å². The van der Waals surface area contributed by atoms with Crippen LogP contribution >= 0.6 is 0 Å². The Bertz CT molecular complexity index is 1070. The van der Waals surface area contributed by atoms with Gasteiger partial charge in [-0.2, -0.15) is 0 Å². The molecule has 0 aliphatic heterocycles. The smallest absolute Gasteiger partial charge is 0.243 e. The van der Waals surface area contributed by atoms with Crippen LogP contribution in [0.15, 0.2) is 54.6 Å². The monoisotopic (exact) mass is 517 g/mol. The minimum absolute atomic E-state index is 0.00122. The molecule has 2 aromatic carbocycles. The molecule has 0 saturated heterocycles. The summed E-state index contributed by atoms with van der Waals surface area (Å²) >= 11 is 0. The molecule has 2 rings (SSSR count). The van der Waals surface area contributed by atoms with Gasteiger partial charge in [-0.25, -0.2) is 8.42 Å². The Labute approximate surface area is 215 Å². The Morgan fingerprint density at radius 1 is 1.00 bits per heavy atom. The van der Waals surface area contributed by atoms with E-state index in [9.17, 15) is 18.0 Å². The van der Waals surface area contributed by atoms with E-state index in [-0.39, 0.29) is 37.4 Å². The molecule has 2 atom stereocenters. The summed E-state index contributed by atoms with van der Waals surface area (Å²) in [6.45, 7) is 6.25. The average molecular weight is 518 g/mol. The fourth-order valence-corrected chi connectivity index (χ4v) is 4.85. The molecule has 2 amide bonds. The third-order valence-electron chi connectivity index (χ3n) is 6.10. The molecule has 0 aromatic heterocycles. The number of amides is 2. The van der Waals surface area contributed by atoms with Crippen molar-refractivity contribution >= 4 is 27.5 Å². The lowest BCUT2D eigenvalue weighted by Crippen LogP contribution is -2.50. The topological polar surface area (TPSA) is 96.0 Å². The van der Waals surface area contributed by atoms with Gasteiger partial charge in [-0.1, -0.05) is 44.2 Å². The first-order valence-corrected chi connectivity index (χ1v) is 14.2. The van der Waals surface area contributed by atoms with Crippen molar-refractivity contribution in [2.24, 2.45) is 0 Å². The van der Waals surface area contributed by atoms with Crippen LogP contribution in [0.2, 0.25) is 0 Å². The Morgan fingerprint density at radius 2 is 1.64 bits per heavy atom. The highest BCUT2D eigenvalue weighted by Gasteiger charge is 2.29. The van der Waals surface area contributed by atoms with E-state index in [2.05, 4.69) is 5.32 Å². The summed E-state index contributed by atoms with van der Waals surface area (Å²) in [5.41, 5.74) is 1.43. The molecule has 1 N–H and O–H groups in total. The van der Waals surface area contributed by atoms with E-state index in [0.29, 0.717) is 24.3 Å². The molecular formula is C27H39N3O5S. The van der Waals surface area contributed by atoms with E-state index in [4.69, 9.17) is 4.74 Å². The Kier molecular flexibility index (Phi) is 11.2. The molecule has 0 heterocycles. The lowest BCUT2D eigenvalue weighted by atomic mass is 10.1. The summed E-state index contributed by atoms with van der Waals surface area (Å²) in [5, 5.41) is 3.00. The minimum atomic E-state index is -3.51. The van der Waals surface area contributed by atoms with Crippen molar-refractivity contribution < 1.29 is 22.7 Å². The number of para-hydroxylation sites is 1. The summed E-state index contributed by atoms with van der Waals surface area (Å²) in [5.74, 6) is 0.328. The van der Waals surface area contributed by atoms with Gasteiger partial charge in [0.25, 0.3) is 0 Å². The summed E-state index contributed by atoms with van der Waals surface area (Å²) in [6, 6.07) is 15.6. The summed E-state index contributed by atoms with van der Waals surface area (Å²) in [7, 11) is -1.92. The van der Waals surface area contributed by atoms with Gasteiger partial charge in [0.1, 0.15) is 11.8 Å². The largest absolute Gasteiger partial charge is 0.497 e. The number of sulfonamides is 1. The minimum Gasteiger partial charge on any atom is -0.497 e. The molecule has 0 saturated carbocycles. The van der Waals surface area contributed by atoms with Gasteiger partial charge in [0.2, 0.25) is 21.8 Å². The zero-order chi connectivity index (χ0) is 26.7. The van der Waals surface area contributed by atoms with E-state index in [1.54, 1.807) is 36.3 Å². The Hall–Kier alpha value is -3.07. The zero-order valence-corrected chi connectivity index (χ0v) is 22.8. The Morgan fingerprint density at radius 3 is 2.17 bits per heavy atom. The highest BCUT2D eigenvalue weighted by molar-refractivity contribution is 7.92. The molecule has 198 valence electrons. The third-order valence-corrected chi connectivity index (χ3v) is 7.29. The number of methoxy groups -OCH3 is 1. The zero-order valence-electron chi connectivity index (χ0n) is 21.9. The van der Waals surface area contributed by atoms with Crippen molar-refractivity contribution in [1.82, 2.24) is 10.2 Å². The quantitative estimate of drug-likeness (QED) is 0.409. The fraction of sp³-hybridized carbons (Fsp3) is 0.481. The van der Waals surface area contributed by atoms with Crippen molar-refractivity contribution in [1.29, 1.82) is 0 Å². The maximum atomic E-state index is 13.5. The number of anilines is 1. The third kappa shape index (κ3) is 8.55. The number of ether oxygens (including phenoxy) is 1. The molecule has 2 unspecified atom stereocenters. The molecule has 0 aliphatic rings. The molecular weight excluding hydrogens is 478 g/mol. The van der Waals surface area contributed by atoms with E-state index in [1.807, 2.05) is 51.1 Å². The molecule has 8 nitrogen and oxygen atoms in total. The standard InChI is InChI=1S/C27H39N3O5S/c1-6-21(3)28-27(32)25(7-2)29(20-22-15-17-24(35-4)18-16-22)26(31)14-11-19-30(36(5,33)34)23-12-9-8-10-13-23/h8-10,12-13,15-18,21,25H,6-7,11,14,19-20H2,1-5H3,(H,28,32). The molecule has 0 bridgehead atoms. The molecule has 0 fully saturated rings. The van der Waals surface area contributed by atoms with Crippen LogP contribution in [0.5, 0.6) is 5.75 Å². The van der Waals surface area contributed by atoms with Gasteiger partial charge < -0.3 is 15.0 Å². The van der Waals surface area contributed by atoms with Crippen LogP contribution in [-0.4, -0.2) is 57.1 Å². The van der Waals surface area contributed by atoms with Crippen molar-refractivity contribution in [2.45, 2.75) is 65.1 Å². The van der Waals surface area contributed by atoms with Crippen LogP contribution in [0, 0.1) is 0 Å².